The number of aryl methyl sites for hydroxylation is 2. The van der Waals surface area contributed by atoms with Crippen molar-refractivity contribution >= 4 is 27.8 Å². The lowest BCUT2D eigenvalue weighted by Crippen LogP contribution is -2.18. The highest BCUT2D eigenvalue weighted by Gasteiger charge is 2.19. The van der Waals surface area contributed by atoms with Gasteiger partial charge in [-0.2, -0.15) is 9.78 Å². The third-order valence-electron chi connectivity index (χ3n) is 4.28. The number of hydrogen-bond acceptors (Lipinski definition) is 5. The Balaban J connectivity index is 1.75. The van der Waals surface area contributed by atoms with E-state index in [1.54, 1.807) is 24.7 Å². The van der Waals surface area contributed by atoms with Crippen LogP contribution in [0.5, 0.6) is 5.75 Å². The number of aromatic nitrogens is 2. The predicted molar refractivity (Wildman–Crippen MR) is 96.5 cm³/mol. The van der Waals surface area contributed by atoms with Crippen molar-refractivity contribution in [2.24, 2.45) is 5.10 Å². The van der Waals surface area contributed by atoms with Crippen molar-refractivity contribution in [3.63, 3.8) is 0 Å². The third-order valence-corrected chi connectivity index (χ3v) is 5.48. The van der Waals surface area contributed by atoms with Crippen LogP contribution in [0.25, 0.3) is 10.2 Å². The van der Waals surface area contributed by atoms with Crippen LogP contribution in [0.4, 0.5) is 0 Å². The normalized spacial score (nSPS) is 14.2. The van der Waals surface area contributed by atoms with Crippen LogP contribution >= 0.6 is 11.3 Å². The molecule has 2 aromatic heterocycles. The molecule has 3 aromatic rings. The number of rotatable bonds is 3. The first-order chi connectivity index (χ1) is 11.8. The molecule has 1 aliphatic carbocycles. The van der Waals surface area contributed by atoms with E-state index in [-0.39, 0.29) is 5.56 Å². The van der Waals surface area contributed by atoms with Crippen LogP contribution in [0.3, 0.4) is 0 Å². The fourth-order valence-corrected chi connectivity index (χ4v) is 4.29. The smallest absolute Gasteiger partial charge is 0.282 e. The van der Waals surface area contributed by atoms with E-state index in [0.717, 1.165) is 40.8 Å². The van der Waals surface area contributed by atoms with Crippen molar-refractivity contribution in [1.82, 2.24) is 9.66 Å². The van der Waals surface area contributed by atoms with E-state index in [1.165, 1.54) is 27.9 Å². The van der Waals surface area contributed by atoms with Crippen molar-refractivity contribution < 1.29 is 4.74 Å². The molecule has 5 nitrogen and oxygen atoms in total. The minimum absolute atomic E-state index is 0.0847. The van der Waals surface area contributed by atoms with Gasteiger partial charge in [0.05, 0.1) is 18.7 Å². The maximum atomic E-state index is 12.8. The molecule has 0 saturated heterocycles. The predicted octanol–water partition coefficient (Wildman–Crippen LogP) is 3.23. The maximum absolute atomic E-state index is 12.8. The first kappa shape index (κ1) is 15.1. The summed E-state index contributed by atoms with van der Waals surface area (Å²) in [5.74, 6) is 0.756. The molecule has 24 heavy (non-hydrogen) atoms. The number of nitrogens with zero attached hydrogens (tertiary/aromatic N) is 3. The number of thiophene rings is 1. The van der Waals surface area contributed by atoms with Gasteiger partial charge >= 0.3 is 0 Å². The van der Waals surface area contributed by atoms with Gasteiger partial charge in [0.15, 0.2) is 0 Å². The molecule has 0 fully saturated rings. The molecule has 0 spiro atoms. The summed E-state index contributed by atoms with van der Waals surface area (Å²) >= 11 is 1.65. The van der Waals surface area contributed by atoms with E-state index in [0.29, 0.717) is 0 Å². The third kappa shape index (κ3) is 2.63. The SMILES string of the molecule is COc1cccc(/C=N\n2cnc3sc4c(c3c2=O)CCCC4)c1. The summed E-state index contributed by atoms with van der Waals surface area (Å²) < 4.78 is 6.52. The van der Waals surface area contributed by atoms with Crippen LogP contribution in [0.2, 0.25) is 0 Å². The standard InChI is InChI=1S/C18H17N3O2S/c1-23-13-6-4-5-12(9-13)10-20-21-11-19-17-16(18(21)22)14-7-2-3-8-15(14)24-17/h4-6,9-11H,2-3,7-8H2,1H3/b20-10-. The molecule has 1 aromatic carbocycles. The fourth-order valence-electron chi connectivity index (χ4n) is 3.07. The van der Waals surface area contributed by atoms with E-state index in [4.69, 9.17) is 4.74 Å². The highest BCUT2D eigenvalue weighted by Crippen LogP contribution is 2.33. The van der Waals surface area contributed by atoms with Gasteiger partial charge in [-0.1, -0.05) is 12.1 Å². The zero-order valence-electron chi connectivity index (χ0n) is 13.4. The van der Waals surface area contributed by atoms with Crippen LogP contribution in [-0.4, -0.2) is 23.0 Å². The summed E-state index contributed by atoms with van der Waals surface area (Å²) in [5.41, 5.74) is 1.97. The average molecular weight is 339 g/mol. The molecule has 4 rings (SSSR count). The monoisotopic (exact) mass is 339 g/mol. The fraction of sp³-hybridized carbons (Fsp3) is 0.278. The molecule has 0 radical (unpaired) electrons. The van der Waals surface area contributed by atoms with Gasteiger partial charge in [-0.25, -0.2) is 4.98 Å². The quantitative estimate of drug-likeness (QED) is 0.689. The first-order valence-electron chi connectivity index (χ1n) is 7.96. The molecule has 0 atom stereocenters. The van der Waals surface area contributed by atoms with Crippen molar-refractivity contribution in [1.29, 1.82) is 0 Å². The Morgan fingerprint density at radius 2 is 2.21 bits per heavy atom. The number of benzene rings is 1. The number of hydrogen-bond donors (Lipinski definition) is 0. The minimum atomic E-state index is -0.0847. The summed E-state index contributed by atoms with van der Waals surface area (Å²) in [6.07, 6.45) is 7.51. The van der Waals surface area contributed by atoms with Crippen LogP contribution in [0, 0.1) is 0 Å². The van der Waals surface area contributed by atoms with Crippen LogP contribution in [0.15, 0.2) is 40.5 Å². The van der Waals surface area contributed by atoms with Crippen molar-refractivity contribution in [3.8, 4) is 5.75 Å². The van der Waals surface area contributed by atoms with Gasteiger partial charge in [0, 0.05) is 4.88 Å². The largest absolute Gasteiger partial charge is 0.497 e. The van der Waals surface area contributed by atoms with Gasteiger partial charge in [0.1, 0.15) is 16.9 Å². The van der Waals surface area contributed by atoms with Gasteiger partial charge < -0.3 is 4.74 Å². The Bertz CT molecular complexity index is 988. The molecular formula is C18H17N3O2S. The lowest BCUT2D eigenvalue weighted by atomic mass is 9.97. The summed E-state index contributed by atoms with van der Waals surface area (Å²) in [4.78, 5) is 19.4. The molecule has 0 aliphatic heterocycles. The highest BCUT2D eigenvalue weighted by molar-refractivity contribution is 7.18. The van der Waals surface area contributed by atoms with Gasteiger partial charge in [0.2, 0.25) is 0 Å². The van der Waals surface area contributed by atoms with Crippen molar-refractivity contribution in [2.45, 2.75) is 25.7 Å². The molecule has 0 bridgehead atoms. The second kappa shape index (κ2) is 6.20. The molecular weight excluding hydrogens is 322 g/mol. The molecule has 6 heteroatoms. The zero-order chi connectivity index (χ0) is 16.5. The molecule has 1 aliphatic rings. The van der Waals surface area contributed by atoms with Gasteiger partial charge in [0.25, 0.3) is 5.56 Å². The van der Waals surface area contributed by atoms with Gasteiger partial charge in [-0.15, -0.1) is 11.3 Å². The summed E-state index contributed by atoms with van der Waals surface area (Å²) in [7, 11) is 1.62. The number of methoxy groups -OCH3 is 1. The number of fused-ring (bicyclic) bond motifs is 3. The molecule has 122 valence electrons. The molecule has 2 heterocycles. The Morgan fingerprint density at radius 1 is 1.33 bits per heavy atom. The second-order valence-electron chi connectivity index (χ2n) is 5.81. The topological polar surface area (TPSA) is 56.5 Å². The Morgan fingerprint density at radius 3 is 3.08 bits per heavy atom. The molecule has 0 saturated carbocycles. The van der Waals surface area contributed by atoms with Crippen LogP contribution in [0.1, 0.15) is 28.8 Å². The van der Waals surface area contributed by atoms with Crippen LogP contribution in [-0.2, 0) is 12.8 Å². The Kier molecular flexibility index (Phi) is 3.90. The van der Waals surface area contributed by atoms with E-state index in [2.05, 4.69) is 10.1 Å². The van der Waals surface area contributed by atoms with Crippen LogP contribution < -0.4 is 10.3 Å². The Labute approximate surface area is 143 Å². The number of ether oxygens (including phenoxy) is 1. The van der Waals surface area contributed by atoms with Crippen molar-refractivity contribution in [2.75, 3.05) is 7.11 Å². The highest BCUT2D eigenvalue weighted by atomic mass is 32.1. The zero-order valence-corrected chi connectivity index (χ0v) is 14.2. The van der Waals surface area contributed by atoms with E-state index < -0.39 is 0 Å². The average Bonchev–Trinajstić information content (AvgIpc) is 3.00. The molecule has 0 unspecified atom stereocenters. The minimum Gasteiger partial charge on any atom is -0.497 e. The Hall–Kier alpha value is -2.47. The molecule has 0 amide bonds. The lowest BCUT2D eigenvalue weighted by molar-refractivity contribution is 0.415. The van der Waals surface area contributed by atoms with Gasteiger partial charge in [-0.05, 0) is 48.9 Å². The van der Waals surface area contributed by atoms with Crippen molar-refractivity contribution in [3.05, 3.63) is 57.0 Å². The summed E-state index contributed by atoms with van der Waals surface area (Å²) in [5, 5.41) is 5.05. The second-order valence-corrected chi connectivity index (χ2v) is 6.89. The molecule has 0 N–H and O–H groups in total. The van der Waals surface area contributed by atoms with E-state index in [9.17, 15) is 4.79 Å². The summed E-state index contributed by atoms with van der Waals surface area (Å²) in [6.45, 7) is 0. The lowest BCUT2D eigenvalue weighted by Gasteiger charge is -2.09. The first-order valence-corrected chi connectivity index (χ1v) is 8.78. The summed E-state index contributed by atoms with van der Waals surface area (Å²) in [6, 6.07) is 7.54. The van der Waals surface area contributed by atoms with E-state index >= 15 is 0 Å². The maximum Gasteiger partial charge on any atom is 0.282 e. The van der Waals surface area contributed by atoms with Gasteiger partial charge in [-0.3, -0.25) is 4.79 Å². The van der Waals surface area contributed by atoms with E-state index in [1.807, 2.05) is 24.3 Å².